The highest BCUT2D eigenvalue weighted by atomic mass is 15.2. The van der Waals surface area contributed by atoms with Gasteiger partial charge in [0.1, 0.15) is 0 Å². The molecule has 1 aliphatic heterocycles. The zero-order valence-electron chi connectivity index (χ0n) is 9.50. The fraction of sp³-hybridized carbons (Fsp3) is 0.917. The molecule has 0 bridgehead atoms. The molecule has 0 aromatic heterocycles. The molecule has 0 N–H and O–H groups in total. The van der Waals surface area contributed by atoms with Crippen molar-refractivity contribution >= 4 is 0 Å². The third-order valence-corrected chi connectivity index (χ3v) is 3.36. The summed E-state index contributed by atoms with van der Waals surface area (Å²) < 4.78 is 0. The van der Waals surface area contributed by atoms with Crippen molar-refractivity contribution in [3.8, 4) is 6.07 Å². The van der Waals surface area contributed by atoms with Gasteiger partial charge < -0.3 is 0 Å². The number of nitriles is 1. The molecule has 1 unspecified atom stereocenters. The predicted molar refractivity (Wildman–Crippen MR) is 58.9 cm³/mol. The molecule has 0 spiro atoms. The van der Waals surface area contributed by atoms with Crippen LogP contribution in [0.25, 0.3) is 0 Å². The van der Waals surface area contributed by atoms with Crippen molar-refractivity contribution in [3.63, 3.8) is 0 Å². The molecule has 0 aliphatic carbocycles. The molecule has 1 atom stereocenters. The number of hydrogen-bond donors (Lipinski definition) is 0. The summed E-state index contributed by atoms with van der Waals surface area (Å²) in [5.41, 5.74) is 0. The molecule has 14 heavy (non-hydrogen) atoms. The van der Waals surface area contributed by atoms with Crippen molar-refractivity contribution in [1.82, 2.24) is 4.90 Å². The van der Waals surface area contributed by atoms with Crippen LogP contribution in [0.2, 0.25) is 0 Å². The Balaban J connectivity index is 2.25. The predicted octanol–water partition coefficient (Wildman–Crippen LogP) is 2.80. The first-order valence-electron chi connectivity index (χ1n) is 5.89. The Morgan fingerprint density at radius 3 is 2.57 bits per heavy atom. The van der Waals surface area contributed by atoms with E-state index in [0.29, 0.717) is 12.5 Å². The molecule has 2 nitrogen and oxygen atoms in total. The molecule has 2 heteroatoms. The first-order valence-corrected chi connectivity index (χ1v) is 5.89. The van der Waals surface area contributed by atoms with E-state index in [1.165, 1.54) is 38.8 Å². The van der Waals surface area contributed by atoms with Gasteiger partial charge in [-0.05, 0) is 38.8 Å². The minimum absolute atomic E-state index is 0.461. The maximum Gasteiger partial charge on any atom is 0.0638 e. The quantitative estimate of drug-likeness (QED) is 0.688. The van der Waals surface area contributed by atoms with Crippen LogP contribution in [0.3, 0.4) is 0 Å². The first kappa shape index (κ1) is 11.5. The van der Waals surface area contributed by atoms with Crippen LogP contribution in [0.1, 0.15) is 46.0 Å². The molecule has 1 aliphatic rings. The third kappa shape index (κ3) is 3.31. The zero-order valence-corrected chi connectivity index (χ0v) is 9.50. The second kappa shape index (κ2) is 6.03. The summed E-state index contributed by atoms with van der Waals surface area (Å²) in [5, 5.41) is 8.63. The molecule has 1 rings (SSSR count). The third-order valence-electron chi connectivity index (χ3n) is 3.36. The van der Waals surface area contributed by atoms with Gasteiger partial charge in [-0.1, -0.05) is 19.8 Å². The molecule has 0 aromatic rings. The van der Waals surface area contributed by atoms with E-state index in [9.17, 15) is 0 Å². The van der Waals surface area contributed by atoms with Crippen molar-refractivity contribution in [1.29, 1.82) is 5.26 Å². The Labute approximate surface area is 87.9 Å². The molecule has 0 amide bonds. The van der Waals surface area contributed by atoms with Crippen molar-refractivity contribution in [2.24, 2.45) is 5.92 Å². The molecular formula is C12H22N2. The van der Waals surface area contributed by atoms with Gasteiger partial charge in [0, 0.05) is 6.04 Å². The van der Waals surface area contributed by atoms with Gasteiger partial charge in [-0.25, -0.2) is 0 Å². The minimum atomic E-state index is 0.461. The topological polar surface area (TPSA) is 27.0 Å². The van der Waals surface area contributed by atoms with E-state index in [0.717, 1.165) is 5.92 Å². The lowest BCUT2D eigenvalue weighted by atomic mass is 9.92. The van der Waals surface area contributed by atoms with E-state index in [4.69, 9.17) is 5.26 Å². The standard InChI is InChI=1S/C12H22N2/c1-3-4-12-6-9-14(10-7-12)11(2)5-8-13/h11-12H,3-7,9-10H2,1-2H3. The van der Waals surface area contributed by atoms with E-state index < -0.39 is 0 Å². The van der Waals surface area contributed by atoms with E-state index in [1.807, 2.05) is 0 Å². The van der Waals surface area contributed by atoms with Crippen LogP contribution < -0.4 is 0 Å². The summed E-state index contributed by atoms with van der Waals surface area (Å²) in [7, 11) is 0. The van der Waals surface area contributed by atoms with Gasteiger partial charge in [-0.3, -0.25) is 4.90 Å². The van der Waals surface area contributed by atoms with Crippen LogP contribution in [-0.4, -0.2) is 24.0 Å². The molecule has 0 aromatic carbocycles. The van der Waals surface area contributed by atoms with E-state index in [1.54, 1.807) is 0 Å². The summed E-state index contributed by atoms with van der Waals surface area (Å²) in [4.78, 5) is 2.47. The molecule has 0 saturated carbocycles. The van der Waals surface area contributed by atoms with Gasteiger partial charge in [0.2, 0.25) is 0 Å². The smallest absolute Gasteiger partial charge is 0.0638 e. The van der Waals surface area contributed by atoms with E-state index in [-0.39, 0.29) is 0 Å². The van der Waals surface area contributed by atoms with E-state index >= 15 is 0 Å². The van der Waals surface area contributed by atoms with Gasteiger partial charge in [0.05, 0.1) is 12.5 Å². The summed E-state index contributed by atoms with van der Waals surface area (Å²) in [6.07, 6.45) is 6.06. The van der Waals surface area contributed by atoms with Crippen LogP contribution >= 0.6 is 0 Å². The maximum absolute atomic E-state index is 8.63. The summed E-state index contributed by atoms with van der Waals surface area (Å²) in [5.74, 6) is 0.950. The molecular weight excluding hydrogens is 172 g/mol. The zero-order chi connectivity index (χ0) is 10.4. The van der Waals surface area contributed by atoms with Crippen LogP contribution in [0.5, 0.6) is 0 Å². The van der Waals surface area contributed by atoms with Crippen LogP contribution in [0, 0.1) is 17.2 Å². The highest BCUT2D eigenvalue weighted by Crippen LogP contribution is 2.23. The highest BCUT2D eigenvalue weighted by molar-refractivity contribution is 4.82. The van der Waals surface area contributed by atoms with Gasteiger partial charge >= 0.3 is 0 Å². The van der Waals surface area contributed by atoms with Gasteiger partial charge in [-0.15, -0.1) is 0 Å². The Kier molecular flexibility index (Phi) is 4.97. The summed E-state index contributed by atoms with van der Waals surface area (Å²) >= 11 is 0. The van der Waals surface area contributed by atoms with Gasteiger partial charge in [0.15, 0.2) is 0 Å². The number of likely N-dealkylation sites (tertiary alicyclic amines) is 1. The largest absolute Gasteiger partial charge is 0.300 e. The van der Waals surface area contributed by atoms with Crippen LogP contribution in [-0.2, 0) is 0 Å². The average molecular weight is 194 g/mol. The average Bonchev–Trinajstić information content (AvgIpc) is 2.20. The van der Waals surface area contributed by atoms with Crippen molar-refractivity contribution in [3.05, 3.63) is 0 Å². The normalized spacial score (nSPS) is 21.8. The molecule has 1 saturated heterocycles. The lowest BCUT2D eigenvalue weighted by molar-refractivity contribution is 0.138. The van der Waals surface area contributed by atoms with Gasteiger partial charge in [0.25, 0.3) is 0 Å². The minimum Gasteiger partial charge on any atom is -0.300 e. The number of hydrogen-bond acceptors (Lipinski definition) is 2. The van der Waals surface area contributed by atoms with Crippen molar-refractivity contribution in [2.45, 2.75) is 52.0 Å². The number of nitrogens with zero attached hydrogens (tertiary/aromatic N) is 2. The van der Waals surface area contributed by atoms with Crippen LogP contribution in [0.4, 0.5) is 0 Å². The summed E-state index contributed by atoms with van der Waals surface area (Å²) in [6.45, 7) is 6.84. The SMILES string of the molecule is CCCC1CCN(C(C)CC#N)CC1. The second-order valence-corrected chi connectivity index (χ2v) is 4.48. The lowest BCUT2D eigenvalue weighted by Gasteiger charge is -2.35. The highest BCUT2D eigenvalue weighted by Gasteiger charge is 2.21. The molecule has 80 valence electrons. The molecule has 1 fully saturated rings. The van der Waals surface area contributed by atoms with E-state index in [2.05, 4.69) is 24.8 Å². The fourth-order valence-electron chi connectivity index (χ4n) is 2.35. The Morgan fingerprint density at radius 1 is 1.43 bits per heavy atom. The second-order valence-electron chi connectivity index (χ2n) is 4.48. The van der Waals surface area contributed by atoms with Crippen LogP contribution in [0.15, 0.2) is 0 Å². The monoisotopic (exact) mass is 194 g/mol. The molecule has 0 radical (unpaired) electrons. The summed E-state index contributed by atoms with van der Waals surface area (Å²) in [6, 6.07) is 2.72. The molecule has 1 heterocycles. The van der Waals surface area contributed by atoms with Gasteiger partial charge in [-0.2, -0.15) is 5.26 Å². The Hall–Kier alpha value is -0.550. The maximum atomic E-state index is 8.63. The number of piperidine rings is 1. The Bertz CT molecular complexity index is 187. The Morgan fingerprint density at radius 2 is 2.07 bits per heavy atom. The fourth-order valence-corrected chi connectivity index (χ4v) is 2.35. The number of rotatable bonds is 4. The first-order chi connectivity index (χ1) is 6.77. The van der Waals surface area contributed by atoms with Crippen molar-refractivity contribution in [2.75, 3.05) is 13.1 Å². The van der Waals surface area contributed by atoms with Crippen molar-refractivity contribution < 1.29 is 0 Å². The lowest BCUT2D eigenvalue weighted by Crippen LogP contribution is -2.39.